The number of Topliss-reactive ketones (excluding diaryl/α,β-unsaturated/α-hetero) is 1. The number of benzene rings is 1. The number of fused-ring (bicyclic) bond motifs is 1. The van der Waals surface area contributed by atoms with Crippen LogP contribution in [-0.2, 0) is 4.79 Å². The van der Waals surface area contributed by atoms with E-state index in [9.17, 15) is 9.59 Å². The van der Waals surface area contributed by atoms with E-state index in [1.54, 1.807) is 0 Å². The molecule has 6 heteroatoms. The predicted molar refractivity (Wildman–Crippen MR) is 55.4 cm³/mol. The highest BCUT2D eigenvalue weighted by Crippen LogP contribution is 2.36. The topological polar surface area (TPSA) is 57.6 Å². The van der Waals surface area contributed by atoms with Crippen LogP contribution in [0.25, 0.3) is 0 Å². The lowest BCUT2D eigenvalue weighted by atomic mass is 10.1. The van der Waals surface area contributed by atoms with Gasteiger partial charge in [-0.2, -0.15) is 0 Å². The summed E-state index contributed by atoms with van der Waals surface area (Å²) in [7, 11) is 0. The summed E-state index contributed by atoms with van der Waals surface area (Å²) in [6.45, 7) is -0.575. The summed E-state index contributed by atoms with van der Waals surface area (Å²) in [6, 6.07) is 2.80. The van der Waals surface area contributed by atoms with Crippen molar-refractivity contribution in [2.45, 2.75) is 0 Å². The van der Waals surface area contributed by atoms with Crippen LogP contribution < -0.4 is 4.90 Å². The van der Waals surface area contributed by atoms with Crippen LogP contribution in [0.2, 0.25) is 10.0 Å². The van der Waals surface area contributed by atoms with E-state index < -0.39 is 18.4 Å². The minimum atomic E-state index is -0.795. The smallest absolute Gasteiger partial charge is 0.301 e. The Balaban J connectivity index is 2.70. The van der Waals surface area contributed by atoms with Gasteiger partial charge < -0.3 is 5.11 Å². The molecule has 4 nitrogen and oxygen atoms in total. The maximum absolute atomic E-state index is 11.5. The molecular formula is C9H5Cl2NO3. The first-order valence-corrected chi connectivity index (χ1v) is 4.78. The normalized spacial score (nSPS) is 14.7. The van der Waals surface area contributed by atoms with E-state index in [1.165, 1.54) is 12.1 Å². The Hall–Kier alpha value is -1.10. The first-order valence-electron chi connectivity index (χ1n) is 4.02. The van der Waals surface area contributed by atoms with Crippen LogP contribution in [-0.4, -0.2) is 23.5 Å². The molecule has 15 heavy (non-hydrogen) atoms. The van der Waals surface area contributed by atoms with Crippen LogP contribution >= 0.6 is 23.2 Å². The molecule has 1 aliphatic rings. The molecule has 0 radical (unpaired) electrons. The number of carbonyl (C=O) groups excluding carboxylic acids is 2. The van der Waals surface area contributed by atoms with Crippen molar-refractivity contribution in [2.24, 2.45) is 0 Å². The molecule has 0 aromatic heterocycles. The standard InChI is InChI=1S/C9H5Cl2NO3/c10-4-1-5(11)7-6(2-4)12(3-13)9(15)8(7)14/h1-2,13H,3H2. The van der Waals surface area contributed by atoms with Gasteiger partial charge in [-0.15, -0.1) is 0 Å². The average molecular weight is 246 g/mol. The van der Waals surface area contributed by atoms with Crippen molar-refractivity contribution < 1.29 is 14.7 Å². The Morgan fingerprint density at radius 2 is 1.93 bits per heavy atom. The molecule has 0 fully saturated rings. The Bertz CT molecular complexity index is 473. The number of nitrogens with zero attached hydrogens (tertiary/aromatic N) is 1. The molecule has 0 bridgehead atoms. The number of halogens is 2. The van der Waals surface area contributed by atoms with Crippen LogP contribution in [0, 0.1) is 0 Å². The van der Waals surface area contributed by atoms with Crippen LogP contribution in [0.5, 0.6) is 0 Å². The van der Waals surface area contributed by atoms with E-state index in [-0.39, 0.29) is 16.3 Å². The summed E-state index contributed by atoms with van der Waals surface area (Å²) >= 11 is 11.5. The summed E-state index contributed by atoms with van der Waals surface area (Å²) in [4.78, 5) is 23.8. The maximum Gasteiger partial charge on any atom is 0.301 e. The number of hydrogen-bond acceptors (Lipinski definition) is 3. The monoisotopic (exact) mass is 245 g/mol. The largest absolute Gasteiger partial charge is 0.376 e. The first kappa shape index (κ1) is 10.4. The molecule has 1 heterocycles. The number of aliphatic hydroxyl groups excluding tert-OH is 1. The number of anilines is 1. The highest BCUT2D eigenvalue weighted by atomic mass is 35.5. The minimum Gasteiger partial charge on any atom is -0.376 e. The molecule has 0 atom stereocenters. The lowest BCUT2D eigenvalue weighted by Gasteiger charge is -2.12. The fourth-order valence-corrected chi connectivity index (χ4v) is 2.05. The molecule has 2 rings (SSSR count). The lowest BCUT2D eigenvalue weighted by Crippen LogP contribution is -2.30. The van der Waals surface area contributed by atoms with Crippen LogP contribution in [0.1, 0.15) is 10.4 Å². The molecule has 1 N–H and O–H groups in total. The Morgan fingerprint density at radius 1 is 1.27 bits per heavy atom. The molecule has 0 spiro atoms. The Morgan fingerprint density at radius 3 is 2.53 bits per heavy atom. The molecule has 0 aliphatic carbocycles. The summed E-state index contributed by atoms with van der Waals surface area (Å²) in [5.41, 5.74) is 0.352. The van der Waals surface area contributed by atoms with Gasteiger partial charge >= 0.3 is 5.91 Å². The molecule has 1 aromatic carbocycles. The third-order valence-electron chi connectivity index (χ3n) is 2.13. The van der Waals surface area contributed by atoms with Gasteiger partial charge in [0.1, 0.15) is 6.73 Å². The second kappa shape index (κ2) is 3.48. The van der Waals surface area contributed by atoms with Gasteiger partial charge in [-0.3, -0.25) is 14.5 Å². The third-order valence-corrected chi connectivity index (χ3v) is 2.65. The van der Waals surface area contributed by atoms with Crippen molar-refractivity contribution in [1.82, 2.24) is 0 Å². The summed E-state index contributed by atoms with van der Waals surface area (Å²) in [5, 5.41) is 9.37. The number of carbonyl (C=O) groups is 2. The van der Waals surface area contributed by atoms with Crippen molar-refractivity contribution in [3.8, 4) is 0 Å². The summed E-state index contributed by atoms with van der Waals surface area (Å²) in [5.74, 6) is -1.52. The fourth-order valence-electron chi connectivity index (χ4n) is 1.48. The van der Waals surface area contributed by atoms with E-state index >= 15 is 0 Å². The molecular weight excluding hydrogens is 241 g/mol. The van der Waals surface area contributed by atoms with Gasteiger partial charge in [0.25, 0.3) is 5.78 Å². The zero-order chi connectivity index (χ0) is 11.2. The van der Waals surface area contributed by atoms with E-state index in [2.05, 4.69) is 0 Å². The SMILES string of the molecule is O=C1C(=O)N(CO)c2cc(Cl)cc(Cl)c21. The van der Waals surface area contributed by atoms with E-state index in [1.807, 2.05) is 0 Å². The highest BCUT2D eigenvalue weighted by Gasteiger charge is 2.37. The van der Waals surface area contributed by atoms with Gasteiger partial charge in [0.15, 0.2) is 0 Å². The molecule has 78 valence electrons. The van der Waals surface area contributed by atoms with E-state index in [0.29, 0.717) is 5.02 Å². The third kappa shape index (κ3) is 1.42. The molecule has 0 saturated carbocycles. The molecule has 1 aromatic rings. The summed E-state index contributed by atoms with van der Waals surface area (Å²) in [6.07, 6.45) is 0. The van der Waals surface area contributed by atoms with Crippen LogP contribution in [0.3, 0.4) is 0 Å². The quantitative estimate of drug-likeness (QED) is 0.763. The van der Waals surface area contributed by atoms with Crippen LogP contribution in [0.15, 0.2) is 12.1 Å². The van der Waals surface area contributed by atoms with Gasteiger partial charge in [-0.1, -0.05) is 23.2 Å². The van der Waals surface area contributed by atoms with Crippen molar-refractivity contribution in [3.05, 3.63) is 27.7 Å². The van der Waals surface area contributed by atoms with Crippen LogP contribution in [0.4, 0.5) is 5.69 Å². The second-order valence-corrected chi connectivity index (χ2v) is 3.83. The minimum absolute atomic E-state index is 0.0973. The summed E-state index contributed by atoms with van der Waals surface area (Å²) < 4.78 is 0. The lowest BCUT2D eigenvalue weighted by molar-refractivity contribution is -0.114. The Kier molecular flexibility index (Phi) is 2.42. The highest BCUT2D eigenvalue weighted by molar-refractivity contribution is 6.55. The zero-order valence-electron chi connectivity index (χ0n) is 7.33. The molecule has 1 aliphatic heterocycles. The second-order valence-electron chi connectivity index (χ2n) is 2.99. The predicted octanol–water partition coefficient (Wildman–Crippen LogP) is 1.47. The molecule has 0 unspecified atom stereocenters. The van der Waals surface area contributed by atoms with E-state index in [0.717, 1.165) is 4.90 Å². The number of amides is 1. The van der Waals surface area contributed by atoms with Crippen molar-refractivity contribution in [2.75, 3.05) is 11.6 Å². The van der Waals surface area contributed by atoms with Gasteiger partial charge in [0.2, 0.25) is 0 Å². The molecule has 1 amide bonds. The average Bonchev–Trinajstić information content (AvgIpc) is 2.39. The van der Waals surface area contributed by atoms with E-state index in [4.69, 9.17) is 28.3 Å². The van der Waals surface area contributed by atoms with Gasteiger partial charge in [-0.25, -0.2) is 0 Å². The van der Waals surface area contributed by atoms with Crippen molar-refractivity contribution in [3.63, 3.8) is 0 Å². The molecule has 0 saturated heterocycles. The number of rotatable bonds is 1. The zero-order valence-corrected chi connectivity index (χ0v) is 8.84. The van der Waals surface area contributed by atoms with Crippen molar-refractivity contribution in [1.29, 1.82) is 0 Å². The fraction of sp³-hybridized carbons (Fsp3) is 0.111. The maximum atomic E-state index is 11.5. The number of hydrogen-bond donors (Lipinski definition) is 1. The van der Waals surface area contributed by atoms with Gasteiger partial charge in [0.05, 0.1) is 16.3 Å². The van der Waals surface area contributed by atoms with Gasteiger partial charge in [-0.05, 0) is 12.1 Å². The Labute approximate surface area is 95.0 Å². The number of ketones is 1. The first-order chi connectivity index (χ1) is 7.06. The van der Waals surface area contributed by atoms with Crippen molar-refractivity contribution >= 4 is 40.6 Å². The van der Waals surface area contributed by atoms with Gasteiger partial charge in [0, 0.05) is 5.02 Å². The number of aliphatic hydroxyl groups is 1.